The smallest absolute Gasteiger partial charge is 0.324 e. The van der Waals surface area contributed by atoms with Crippen LogP contribution in [0.25, 0.3) is 11.0 Å². The van der Waals surface area contributed by atoms with Gasteiger partial charge in [0.15, 0.2) is 0 Å². The molecule has 142 valence electrons. The van der Waals surface area contributed by atoms with Crippen LogP contribution in [0, 0.1) is 0 Å². The first kappa shape index (κ1) is 19.7. The summed E-state index contributed by atoms with van der Waals surface area (Å²) in [5.41, 5.74) is 0.828. The summed E-state index contributed by atoms with van der Waals surface area (Å²) in [6.07, 6.45) is -0.441. The van der Waals surface area contributed by atoms with Crippen LogP contribution in [0.2, 0.25) is 0 Å². The fourth-order valence-electron chi connectivity index (χ4n) is 2.88. The van der Waals surface area contributed by atoms with Crippen molar-refractivity contribution in [1.82, 2.24) is 14.9 Å². The monoisotopic (exact) mass is 453 g/mol. The predicted octanol–water partition coefficient (Wildman–Crippen LogP) is 2.12. The zero-order chi connectivity index (χ0) is 19.6. The molecule has 0 atom stereocenters. The maximum atomic E-state index is 11.7. The quantitative estimate of drug-likeness (QED) is 0.334. The predicted molar refractivity (Wildman–Crippen MR) is 105 cm³/mol. The third-order valence-electron chi connectivity index (χ3n) is 3.90. The minimum atomic E-state index is -4.30. The van der Waals surface area contributed by atoms with E-state index in [1.807, 2.05) is 30.3 Å². The van der Waals surface area contributed by atoms with Crippen LogP contribution < -0.4 is 11.1 Å². The lowest BCUT2D eigenvalue weighted by atomic mass is 10.1. The van der Waals surface area contributed by atoms with Crippen LogP contribution >= 0.6 is 23.5 Å². The molecule has 1 aromatic heterocycles. The number of nitrogens with zero attached hydrogens (tertiary/aromatic N) is 1. The number of hydrogen-bond donors (Lipinski definition) is 4. The number of aromatic nitrogens is 2. The fourth-order valence-corrected chi connectivity index (χ4v) is 4.11. The van der Waals surface area contributed by atoms with Crippen molar-refractivity contribution in [2.45, 2.75) is 13.1 Å². The molecule has 0 unspecified atom stereocenters. The van der Waals surface area contributed by atoms with Gasteiger partial charge in [-0.3, -0.25) is 19.1 Å². The highest BCUT2D eigenvalue weighted by Crippen LogP contribution is 2.36. The summed E-state index contributed by atoms with van der Waals surface area (Å²) in [6, 6.07) is 12.7. The largest absolute Gasteiger partial charge is 0.339 e. The first-order chi connectivity index (χ1) is 12.7. The minimum Gasteiger partial charge on any atom is -0.324 e. The molecule has 8 nitrogen and oxygen atoms in total. The molecule has 0 aliphatic heterocycles. The van der Waals surface area contributed by atoms with Gasteiger partial charge in [-0.05, 0) is 23.3 Å². The number of aromatic amines is 2. The van der Waals surface area contributed by atoms with Crippen LogP contribution in [0.4, 0.5) is 0 Å². The molecule has 10 heteroatoms. The lowest BCUT2D eigenvalue weighted by molar-refractivity contribution is 0.263. The number of H-pyrrole nitrogens is 2. The molecule has 0 spiro atoms. The zero-order valence-corrected chi connectivity index (χ0v) is 16.5. The number of fused-ring (bicyclic) bond motifs is 1. The molecule has 0 aliphatic carbocycles. The molecular formula is C17H17BrN3O5P. The van der Waals surface area contributed by atoms with Crippen molar-refractivity contribution in [3.05, 3.63) is 78.8 Å². The highest BCUT2D eigenvalue weighted by Gasteiger charge is 2.21. The summed E-state index contributed by atoms with van der Waals surface area (Å²) in [5, 5.41) is 0. The molecule has 0 saturated carbocycles. The molecule has 0 amide bonds. The standard InChI is InChI=1S/C17H17BrN3O5P/c18-13-6-12(15-14(7-13)19-16(22)17(23)20-15)9-21(10-27(24,25)26)8-11-4-2-1-3-5-11/h1-7H,8-10H2,(H,19,22)(H,20,23)(H2,24,25,26). The Labute approximate surface area is 162 Å². The molecule has 2 aromatic carbocycles. The third kappa shape index (κ3) is 5.24. The minimum absolute atomic E-state index is 0.165. The van der Waals surface area contributed by atoms with Gasteiger partial charge in [0, 0.05) is 17.6 Å². The second kappa shape index (κ2) is 7.92. The number of rotatable bonds is 6. The SMILES string of the molecule is O=c1[nH]c2cc(Br)cc(CN(Cc3ccccc3)CP(=O)(O)O)c2[nH]c1=O. The van der Waals surface area contributed by atoms with Crippen molar-refractivity contribution in [2.24, 2.45) is 0 Å². The average Bonchev–Trinajstić information content (AvgIpc) is 2.56. The maximum Gasteiger partial charge on any atom is 0.339 e. The molecule has 3 rings (SSSR count). The first-order valence-electron chi connectivity index (χ1n) is 7.97. The van der Waals surface area contributed by atoms with Crippen molar-refractivity contribution in [3.63, 3.8) is 0 Å². The first-order valence-corrected chi connectivity index (χ1v) is 10.6. The Kier molecular flexibility index (Phi) is 5.78. The molecule has 0 bridgehead atoms. The van der Waals surface area contributed by atoms with E-state index < -0.39 is 25.0 Å². The lowest BCUT2D eigenvalue weighted by Gasteiger charge is -2.23. The number of benzene rings is 2. The van der Waals surface area contributed by atoms with Crippen LogP contribution in [-0.2, 0) is 17.7 Å². The van der Waals surface area contributed by atoms with Gasteiger partial charge in [0.25, 0.3) is 0 Å². The molecule has 3 aromatic rings. The van der Waals surface area contributed by atoms with Crippen molar-refractivity contribution >= 4 is 34.6 Å². The summed E-state index contributed by atoms with van der Waals surface area (Å²) in [5.74, 6) is 0. The summed E-state index contributed by atoms with van der Waals surface area (Å²) in [6.45, 7) is 0.478. The van der Waals surface area contributed by atoms with Crippen molar-refractivity contribution in [3.8, 4) is 0 Å². The summed E-state index contributed by atoms with van der Waals surface area (Å²) in [4.78, 5) is 48.9. The Balaban J connectivity index is 2.02. The highest BCUT2D eigenvalue weighted by molar-refractivity contribution is 9.10. The van der Waals surface area contributed by atoms with E-state index in [1.54, 1.807) is 17.0 Å². The van der Waals surface area contributed by atoms with Gasteiger partial charge in [0.05, 0.1) is 11.0 Å². The second-order valence-electron chi connectivity index (χ2n) is 6.17. The summed E-state index contributed by atoms with van der Waals surface area (Å²) < 4.78 is 12.3. The number of halogens is 1. The molecule has 1 heterocycles. The second-order valence-corrected chi connectivity index (χ2v) is 8.70. The molecule has 27 heavy (non-hydrogen) atoms. The van der Waals surface area contributed by atoms with E-state index in [9.17, 15) is 23.9 Å². The van der Waals surface area contributed by atoms with E-state index in [0.717, 1.165) is 5.56 Å². The van der Waals surface area contributed by atoms with Gasteiger partial charge < -0.3 is 19.8 Å². The van der Waals surface area contributed by atoms with Gasteiger partial charge in [0.2, 0.25) is 0 Å². The Morgan fingerprint density at radius 3 is 2.33 bits per heavy atom. The molecular weight excluding hydrogens is 437 g/mol. The zero-order valence-electron chi connectivity index (χ0n) is 14.1. The van der Waals surface area contributed by atoms with Gasteiger partial charge in [-0.2, -0.15) is 0 Å². The van der Waals surface area contributed by atoms with E-state index in [0.29, 0.717) is 27.6 Å². The van der Waals surface area contributed by atoms with Crippen molar-refractivity contribution in [2.75, 3.05) is 6.29 Å². The van der Waals surface area contributed by atoms with Crippen molar-refractivity contribution < 1.29 is 14.4 Å². The van der Waals surface area contributed by atoms with Gasteiger partial charge in [0.1, 0.15) is 6.29 Å². The normalized spacial score (nSPS) is 12.0. The van der Waals surface area contributed by atoms with Crippen LogP contribution in [0.1, 0.15) is 11.1 Å². The maximum absolute atomic E-state index is 11.7. The number of nitrogens with one attached hydrogen (secondary N) is 2. The van der Waals surface area contributed by atoms with Crippen LogP contribution in [0.5, 0.6) is 0 Å². The molecule has 0 fully saturated rings. The van der Waals surface area contributed by atoms with Crippen LogP contribution in [0.15, 0.2) is 56.5 Å². The third-order valence-corrected chi connectivity index (χ3v) is 5.13. The van der Waals surface area contributed by atoms with Gasteiger partial charge in [-0.1, -0.05) is 46.3 Å². The summed E-state index contributed by atoms with van der Waals surface area (Å²) in [7, 11) is -4.30. The van der Waals surface area contributed by atoms with E-state index in [2.05, 4.69) is 25.9 Å². The van der Waals surface area contributed by atoms with Crippen LogP contribution in [-0.4, -0.2) is 30.9 Å². The Morgan fingerprint density at radius 2 is 1.67 bits per heavy atom. The topological polar surface area (TPSA) is 126 Å². The van der Waals surface area contributed by atoms with Crippen molar-refractivity contribution in [1.29, 1.82) is 0 Å². The molecule has 0 saturated heterocycles. The average molecular weight is 454 g/mol. The summed E-state index contributed by atoms with van der Waals surface area (Å²) >= 11 is 3.36. The Morgan fingerprint density at radius 1 is 1.00 bits per heavy atom. The van der Waals surface area contributed by atoms with Crippen LogP contribution in [0.3, 0.4) is 0 Å². The molecule has 0 aliphatic rings. The van der Waals surface area contributed by atoms with E-state index in [1.165, 1.54) is 0 Å². The fraction of sp³-hybridized carbons (Fsp3) is 0.176. The van der Waals surface area contributed by atoms with E-state index in [4.69, 9.17) is 0 Å². The highest BCUT2D eigenvalue weighted by atomic mass is 79.9. The molecule has 0 radical (unpaired) electrons. The molecule has 4 N–H and O–H groups in total. The van der Waals surface area contributed by atoms with Gasteiger partial charge in [-0.15, -0.1) is 0 Å². The lowest BCUT2D eigenvalue weighted by Crippen LogP contribution is -2.30. The Hall–Kier alpha value is -2.03. The van der Waals surface area contributed by atoms with Gasteiger partial charge >= 0.3 is 18.7 Å². The van der Waals surface area contributed by atoms with E-state index in [-0.39, 0.29) is 6.54 Å². The van der Waals surface area contributed by atoms with E-state index >= 15 is 0 Å². The number of hydrogen-bond acceptors (Lipinski definition) is 4. The Bertz CT molecular complexity index is 1120. The van der Waals surface area contributed by atoms with Gasteiger partial charge in [-0.25, -0.2) is 0 Å².